The van der Waals surface area contributed by atoms with Crippen molar-refractivity contribution < 1.29 is 13.2 Å². The van der Waals surface area contributed by atoms with Crippen LogP contribution in [0.15, 0.2) is 0 Å². The molecule has 0 atom stereocenters. The third-order valence-electron chi connectivity index (χ3n) is 2.63. The van der Waals surface area contributed by atoms with Crippen molar-refractivity contribution in [2.75, 3.05) is 52.1 Å². The number of sulfonamides is 1. The molecule has 3 N–H and O–H groups in total. The summed E-state index contributed by atoms with van der Waals surface area (Å²) in [4.78, 5) is 15.3. The van der Waals surface area contributed by atoms with Crippen LogP contribution in [0.25, 0.3) is 0 Å². The average molecular weight is 264 g/mol. The molecule has 1 heterocycles. The number of hydrogen-bond donors (Lipinski definition) is 2. The van der Waals surface area contributed by atoms with Crippen LogP contribution in [0, 0.1) is 0 Å². The molecule has 8 heteroatoms. The lowest BCUT2D eigenvalue weighted by molar-refractivity contribution is -0.132. The van der Waals surface area contributed by atoms with Gasteiger partial charge in [0.25, 0.3) is 0 Å². The van der Waals surface area contributed by atoms with Gasteiger partial charge in [0.2, 0.25) is 15.9 Å². The Hall–Kier alpha value is -0.700. The summed E-state index contributed by atoms with van der Waals surface area (Å²) in [5.41, 5.74) is 0. The number of rotatable bonds is 5. The van der Waals surface area contributed by atoms with Gasteiger partial charge >= 0.3 is 0 Å². The van der Waals surface area contributed by atoms with Gasteiger partial charge in [-0.1, -0.05) is 0 Å². The van der Waals surface area contributed by atoms with Gasteiger partial charge in [-0.2, -0.15) is 0 Å². The Morgan fingerprint density at radius 2 is 2.00 bits per heavy atom. The maximum Gasteiger partial charge on any atom is 0.236 e. The summed E-state index contributed by atoms with van der Waals surface area (Å²) in [5.74, 6) is -0.0957. The van der Waals surface area contributed by atoms with Crippen LogP contribution in [-0.4, -0.2) is 76.2 Å². The van der Waals surface area contributed by atoms with E-state index in [1.54, 1.807) is 16.8 Å². The quantitative estimate of drug-likeness (QED) is 0.579. The first-order chi connectivity index (χ1) is 7.88. The van der Waals surface area contributed by atoms with Crippen molar-refractivity contribution in [2.24, 2.45) is 5.14 Å². The van der Waals surface area contributed by atoms with Gasteiger partial charge in [-0.05, 0) is 7.05 Å². The first-order valence-electron chi connectivity index (χ1n) is 5.56. The maximum atomic E-state index is 11.8. The maximum absolute atomic E-state index is 11.8. The number of piperazine rings is 1. The summed E-state index contributed by atoms with van der Waals surface area (Å²) in [6.45, 7) is 3.55. The first kappa shape index (κ1) is 14.4. The molecule has 100 valence electrons. The molecule has 17 heavy (non-hydrogen) atoms. The Morgan fingerprint density at radius 3 is 2.53 bits per heavy atom. The van der Waals surface area contributed by atoms with Gasteiger partial charge in [-0.3, -0.25) is 9.69 Å². The molecule has 0 spiro atoms. The summed E-state index contributed by atoms with van der Waals surface area (Å²) in [6, 6.07) is 0. The number of nitrogens with zero attached hydrogens (tertiary/aromatic N) is 2. The van der Waals surface area contributed by atoms with Gasteiger partial charge in [0, 0.05) is 32.7 Å². The summed E-state index contributed by atoms with van der Waals surface area (Å²) < 4.78 is 21.5. The van der Waals surface area contributed by atoms with Crippen molar-refractivity contribution in [1.82, 2.24) is 15.1 Å². The second kappa shape index (κ2) is 6.29. The Bertz CT molecular complexity index is 351. The molecule has 0 bridgehead atoms. The number of carbonyl (C=O) groups is 1. The second-order valence-corrected chi connectivity index (χ2v) is 5.97. The van der Waals surface area contributed by atoms with Crippen LogP contribution in [0.2, 0.25) is 0 Å². The minimum Gasteiger partial charge on any atom is -0.339 e. The van der Waals surface area contributed by atoms with E-state index in [1.807, 2.05) is 0 Å². The van der Waals surface area contributed by atoms with Crippen molar-refractivity contribution in [1.29, 1.82) is 0 Å². The monoisotopic (exact) mass is 264 g/mol. The fraction of sp³-hybridized carbons (Fsp3) is 0.889. The topological polar surface area (TPSA) is 95.7 Å². The molecule has 0 saturated carbocycles. The van der Waals surface area contributed by atoms with E-state index < -0.39 is 10.0 Å². The molecule has 1 aliphatic heterocycles. The number of hydrogen-bond acceptors (Lipinski definition) is 5. The van der Waals surface area contributed by atoms with Gasteiger partial charge in [-0.25, -0.2) is 13.6 Å². The summed E-state index contributed by atoms with van der Waals surface area (Å²) in [6.07, 6.45) is 0. The lowest BCUT2D eigenvalue weighted by atomic mass is 10.3. The number of likely N-dealkylation sites (N-methyl/N-ethyl adjacent to an activating group) is 1. The van der Waals surface area contributed by atoms with E-state index in [0.29, 0.717) is 13.1 Å². The van der Waals surface area contributed by atoms with E-state index >= 15 is 0 Å². The van der Waals surface area contributed by atoms with E-state index in [0.717, 1.165) is 13.1 Å². The molecule has 0 aliphatic carbocycles. The molecule has 0 aromatic carbocycles. The number of primary sulfonamides is 1. The molecule has 0 unspecified atom stereocenters. The molecular weight excluding hydrogens is 244 g/mol. The summed E-state index contributed by atoms with van der Waals surface area (Å²) >= 11 is 0. The minimum absolute atomic E-state index is 0.0309. The van der Waals surface area contributed by atoms with E-state index in [-0.39, 0.29) is 24.7 Å². The van der Waals surface area contributed by atoms with Crippen molar-refractivity contribution in [3.8, 4) is 0 Å². The number of carbonyl (C=O) groups excluding carboxylic acids is 1. The zero-order chi connectivity index (χ0) is 12.9. The Morgan fingerprint density at radius 1 is 1.41 bits per heavy atom. The van der Waals surface area contributed by atoms with Gasteiger partial charge in [0.1, 0.15) is 0 Å². The molecule has 1 rings (SSSR count). The molecule has 1 aliphatic rings. The summed E-state index contributed by atoms with van der Waals surface area (Å²) in [5, 5.41) is 8.06. The first-order valence-corrected chi connectivity index (χ1v) is 7.27. The third kappa shape index (κ3) is 5.97. The standard InChI is InChI=1S/C9H20N4O3S/c1-12(6-7-17(10,15)16)8-9(14)13-4-2-11-3-5-13/h11H,2-8H2,1H3,(H2,10,15,16). The van der Waals surface area contributed by atoms with Crippen LogP contribution in [0.4, 0.5) is 0 Å². The zero-order valence-corrected chi connectivity index (χ0v) is 10.9. The van der Waals surface area contributed by atoms with Crippen LogP contribution in [-0.2, 0) is 14.8 Å². The Kier molecular flexibility index (Phi) is 5.31. The second-order valence-electron chi connectivity index (χ2n) is 4.24. The normalized spacial score (nSPS) is 17.5. The van der Waals surface area contributed by atoms with E-state index in [9.17, 15) is 13.2 Å². The number of nitrogens with two attached hydrogens (primary N) is 1. The van der Waals surface area contributed by atoms with Gasteiger partial charge in [0.15, 0.2) is 0 Å². The highest BCUT2D eigenvalue weighted by Crippen LogP contribution is 1.95. The van der Waals surface area contributed by atoms with Gasteiger partial charge in [0.05, 0.1) is 12.3 Å². The molecule has 0 radical (unpaired) electrons. The molecule has 1 saturated heterocycles. The van der Waals surface area contributed by atoms with Crippen molar-refractivity contribution in [3.05, 3.63) is 0 Å². The molecule has 0 aromatic rings. The fourth-order valence-corrected chi connectivity index (χ4v) is 2.17. The van der Waals surface area contributed by atoms with Crippen LogP contribution in [0.5, 0.6) is 0 Å². The number of nitrogens with one attached hydrogen (secondary N) is 1. The highest BCUT2D eigenvalue weighted by Gasteiger charge is 2.17. The van der Waals surface area contributed by atoms with Crippen LogP contribution in [0.3, 0.4) is 0 Å². The predicted molar refractivity (Wildman–Crippen MR) is 64.9 cm³/mol. The van der Waals surface area contributed by atoms with E-state index in [4.69, 9.17) is 5.14 Å². The highest BCUT2D eigenvalue weighted by molar-refractivity contribution is 7.89. The molecule has 7 nitrogen and oxygen atoms in total. The average Bonchev–Trinajstić information content (AvgIpc) is 2.27. The Labute approximate surface area is 102 Å². The van der Waals surface area contributed by atoms with Gasteiger partial charge in [-0.15, -0.1) is 0 Å². The zero-order valence-electron chi connectivity index (χ0n) is 10.1. The van der Waals surface area contributed by atoms with E-state index in [2.05, 4.69) is 5.32 Å². The minimum atomic E-state index is -3.46. The fourth-order valence-electron chi connectivity index (χ4n) is 1.61. The predicted octanol–water partition coefficient (Wildman–Crippen LogP) is -2.36. The van der Waals surface area contributed by atoms with Crippen molar-refractivity contribution in [2.45, 2.75) is 0 Å². The Balaban J connectivity index is 2.29. The third-order valence-corrected chi connectivity index (χ3v) is 3.38. The van der Waals surface area contributed by atoms with Crippen LogP contribution >= 0.6 is 0 Å². The summed E-state index contributed by atoms with van der Waals surface area (Å²) in [7, 11) is -1.74. The largest absolute Gasteiger partial charge is 0.339 e. The lowest BCUT2D eigenvalue weighted by Gasteiger charge is -2.29. The van der Waals surface area contributed by atoms with Crippen molar-refractivity contribution >= 4 is 15.9 Å². The number of amides is 1. The molecule has 1 fully saturated rings. The van der Waals surface area contributed by atoms with Crippen LogP contribution in [0.1, 0.15) is 0 Å². The smallest absolute Gasteiger partial charge is 0.236 e. The lowest BCUT2D eigenvalue weighted by Crippen LogP contribution is -2.49. The SMILES string of the molecule is CN(CCS(N)(=O)=O)CC(=O)N1CCNCC1. The van der Waals surface area contributed by atoms with Gasteiger partial charge < -0.3 is 10.2 Å². The van der Waals surface area contributed by atoms with Crippen LogP contribution < -0.4 is 10.5 Å². The molecular formula is C9H20N4O3S. The van der Waals surface area contributed by atoms with E-state index in [1.165, 1.54) is 0 Å². The molecule has 0 aromatic heterocycles. The van der Waals surface area contributed by atoms with Crippen molar-refractivity contribution in [3.63, 3.8) is 0 Å². The molecule has 1 amide bonds. The highest BCUT2D eigenvalue weighted by atomic mass is 32.2.